The molecule has 21 heavy (non-hydrogen) atoms. The molecule has 6 heteroatoms. The van der Waals surface area contributed by atoms with Crippen LogP contribution in [0.2, 0.25) is 0 Å². The summed E-state index contributed by atoms with van der Waals surface area (Å²) in [5.74, 6) is 0. The van der Waals surface area contributed by atoms with E-state index in [2.05, 4.69) is 9.80 Å². The molecule has 1 N–H and O–H groups in total. The Morgan fingerprint density at radius 1 is 1.29 bits per heavy atom. The van der Waals surface area contributed by atoms with E-state index in [-0.39, 0.29) is 12.6 Å². The van der Waals surface area contributed by atoms with E-state index in [1.54, 1.807) is 6.07 Å². The second-order valence-electron chi connectivity index (χ2n) is 5.58. The first-order chi connectivity index (χ1) is 9.90. The van der Waals surface area contributed by atoms with Crippen molar-refractivity contribution in [3.8, 4) is 0 Å². The summed E-state index contributed by atoms with van der Waals surface area (Å²) in [6, 6.07) is 5.77. The molecular formula is C15H21F3N2O. The Labute approximate surface area is 123 Å². The zero-order valence-corrected chi connectivity index (χ0v) is 12.1. The van der Waals surface area contributed by atoms with Crippen LogP contribution in [0.4, 0.5) is 13.2 Å². The normalized spacial score (nSPS) is 21.7. The Hall–Kier alpha value is -1.11. The molecule has 1 atom stereocenters. The minimum atomic E-state index is -4.29. The maximum Gasteiger partial charge on any atom is 0.416 e. The van der Waals surface area contributed by atoms with Crippen molar-refractivity contribution in [2.45, 2.75) is 25.2 Å². The van der Waals surface area contributed by atoms with Crippen molar-refractivity contribution in [2.24, 2.45) is 0 Å². The molecular weight excluding hydrogens is 281 g/mol. The number of hydrogen-bond donors (Lipinski definition) is 1. The van der Waals surface area contributed by atoms with Crippen LogP contribution in [0.15, 0.2) is 24.3 Å². The van der Waals surface area contributed by atoms with Gasteiger partial charge in [0.05, 0.1) is 5.56 Å². The fourth-order valence-electron chi connectivity index (χ4n) is 2.72. The Bertz CT molecular complexity index is 464. The van der Waals surface area contributed by atoms with E-state index in [9.17, 15) is 13.2 Å². The van der Waals surface area contributed by atoms with E-state index >= 15 is 0 Å². The summed E-state index contributed by atoms with van der Waals surface area (Å²) in [6.07, 6.45) is -3.60. The van der Waals surface area contributed by atoms with Crippen molar-refractivity contribution in [1.82, 2.24) is 9.80 Å². The van der Waals surface area contributed by atoms with Crippen LogP contribution >= 0.6 is 0 Å². The lowest BCUT2D eigenvalue weighted by molar-refractivity contribution is -0.137. The van der Waals surface area contributed by atoms with Gasteiger partial charge in [-0.25, -0.2) is 0 Å². The molecule has 0 spiro atoms. The molecule has 1 aliphatic rings. The molecule has 1 heterocycles. The Morgan fingerprint density at radius 3 is 2.71 bits per heavy atom. The van der Waals surface area contributed by atoms with Gasteiger partial charge in [-0.05, 0) is 25.1 Å². The maximum absolute atomic E-state index is 12.7. The lowest BCUT2D eigenvalue weighted by Gasteiger charge is -2.39. The number of aliphatic hydroxyl groups is 1. The Balaban J connectivity index is 2.01. The third-order valence-electron chi connectivity index (χ3n) is 3.98. The van der Waals surface area contributed by atoms with Gasteiger partial charge in [-0.3, -0.25) is 4.90 Å². The molecule has 0 aliphatic carbocycles. The van der Waals surface area contributed by atoms with Gasteiger partial charge in [-0.15, -0.1) is 0 Å². The van der Waals surface area contributed by atoms with Crippen molar-refractivity contribution in [1.29, 1.82) is 0 Å². The second kappa shape index (κ2) is 6.77. The maximum atomic E-state index is 12.7. The highest BCUT2D eigenvalue weighted by atomic mass is 19.4. The molecule has 2 rings (SSSR count). The van der Waals surface area contributed by atoms with Crippen LogP contribution in [-0.2, 0) is 12.7 Å². The smallest absolute Gasteiger partial charge is 0.396 e. The average molecular weight is 302 g/mol. The summed E-state index contributed by atoms with van der Waals surface area (Å²) >= 11 is 0. The van der Waals surface area contributed by atoms with Gasteiger partial charge >= 0.3 is 6.18 Å². The summed E-state index contributed by atoms with van der Waals surface area (Å²) in [5.41, 5.74) is 0.0816. The van der Waals surface area contributed by atoms with Crippen LogP contribution in [0.1, 0.15) is 17.5 Å². The van der Waals surface area contributed by atoms with E-state index in [0.717, 1.165) is 25.7 Å². The average Bonchev–Trinajstić information content (AvgIpc) is 2.42. The first-order valence-electron chi connectivity index (χ1n) is 7.09. The molecule has 0 saturated carbocycles. The quantitative estimate of drug-likeness (QED) is 0.924. The number of hydrogen-bond acceptors (Lipinski definition) is 3. The van der Waals surface area contributed by atoms with Crippen LogP contribution in [0.5, 0.6) is 0 Å². The fraction of sp³-hybridized carbons (Fsp3) is 0.600. The molecule has 3 nitrogen and oxygen atoms in total. The summed E-state index contributed by atoms with van der Waals surface area (Å²) in [4.78, 5) is 4.34. The highest BCUT2D eigenvalue weighted by Crippen LogP contribution is 2.29. The molecule has 1 fully saturated rings. The number of alkyl halides is 3. The van der Waals surface area contributed by atoms with Crippen molar-refractivity contribution < 1.29 is 18.3 Å². The van der Waals surface area contributed by atoms with Crippen molar-refractivity contribution >= 4 is 0 Å². The third-order valence-corrected chi connectivity index (χ3v) is 3.98. The molecule has 0 bridgehead atoms. The zero-order chi connectivity index (χ0) is 15.5. The Kier molecular flexibility index (Phi) is 5.24. The molecule has 0 amide bonds. The van der Waals surface area contributed by atoms with E-state index < -0.39 is 11.7 Å². The number of halogens is 3. The number of nitrogens with zero attached hydrogens (tertiary/aromatic N) is 2. The molecule has 1 aromatic rings. The standard InChI is InChI=1S/C15H21F3N2O/c1-19-6-7-20(11-14(19)5-8-21)10-12-3-2-4-13(9-12)15(16,17)18/h2-4,9,14,21H,5-8,10-11H2,1H3. The van der Waals surface area contributed by atoms with Crippen LogP contribution in [0.25, 0.3) is 0 Å². The van der Waals surface area contributed by atoms with Gasteiger partial charge in [-0.1, -0.05) is 18.2 Å². The number of piperazine rings is 1. The number of likely N-dealkylation sites (N-methyl/N-ethyl adjacent to an activating group) is 1. The number of benzene rings is 1. The fourth-order valence-corrected chi connectivity index (χ4v) is 2.72. The summed E-state index contributed by atoms with van der Waals surface area (Å²) < 4.78 is 38.1. The van der Waals surface area contributed by atoms with Crippen molar-refractivity contribution in [2.75, 3.05) is 33.3 Å². The van der Waals surface area contributed by atoms with Gasteiger partial charge in [0.15, 0.2) is 0 Å². The predicted octanol–water partition coefficient (Wildman–Crippen LogP) is 2.20. The monoisotopic (exact) mass is 302 g/mol. The lowest BCUT2D eigenvalue weighted by Crippen LogP contribution is -2.51. The topological polar surface area (TPSA) is 26.7 Å². The van der Waals surface area contributed by atoms with Crippen molar-refractivity contribution in [3.63, 3.8) is 0 Å². The SMILES string of the molecule is CN1CCN(Cc2cccc(C(F)(F)F)c2)CC1CCO. The van der Waals surface area contributed by atoms with Gasteiger partial charge in [-0.2, -0.15) is 13.2 Å². The molecule has 1 aromatic carbocycles. The van der Waals surface area contributed by atoms with Gasteiger partial charge in [0, 0.05) is 38.8 Å². The Morgan fingerprint density at radius 2 is 2.05 bits per heavy atom. The molecule has 1 unspecified atom stereocenters. The van der Waals surface area contributed by atoms with Crippen LogP contribution < -0.4 is 0 Å². The summed E-state index contributed by atoms with van der Waals surface area (Å²) in [5, 5.41) is 9.07. The van der Waals surface area contributed by atoms with E-state index in [1.165, 1.54) is 12.1 Å². The largest absolute Gasteiger partial charge is 0.416 e. The van der Waals surface area contributed by atoms with Crippen LogP contribution in [0, 0.1) is 0 Å². The van der Waals surface area contributed by atoms with Gasteiger partial charge in [0.1, 0.15) is 0 Å². The molecule has 1 aliphatic heterocycles. The first kappa shape index (κ1) is 16.3. The van der Waals surface area contributed by atoms with E-state index in [1.807, 2.05) is 7.05 Å². The second-order valence-corrected chi connectivity index (χ2v) is 5.58. The zero-order valence-electron chi connectivity index (χ0n) is 12.1. The molecule has 0 radical (unpaired) electrons. The predicted molar refractivity (Wildman–Crippen MR) is 74.8 cm³/mol. The number of rotatable bonds is 4. The number of aliphatic hydroxyl groups excluding tert-OH is 1. The van der Waals surface area contributed by atoms with Gasteiger partial charge in [0.25, 0.3) is 0 Å². The molecule has 1 saturated heterocycles. The summed E-state index contributed by atoms with van der Waals surface area (Å²) in [6.45, 7) is 3.11. The highest BCUT2D eigenvalue weighted by molar-refractivity contribution is 5.25. The van der Waals surface area contributed by atoms with Crippen LogP contribution in [-0.4, -0.2) is 54.2 Å². The third kappa shape index (κ3) is 4.43. The van der Waals surface area contributed by atoms with Crippen molar-refractivity contribution in [3.05, 3.63) is 35.4 Å². The lowest BCUT2D eigenvalue weighted by atomic mass is 10.1. The minimum Gasteiger partial charge on any atom is -0.396 e. The summed E-state index contributed by atoms with van der Waals surface area (Å²) in [7, 11) is 2.02. The highest BCUT2D eigenvalue weighted by Gasteiger charge is 2.30. The molecule has 118 valence electrons. The minimum absolute atomic E-state index is 0.131. The first-order valence-corrected chi connectivity index (χ1v) is 7.09. The molecule has 0 aromatic heterocycles. The van der Waals surface area contributed by atoms with E-state index in [0.29, 0.717) is 18.5 Å². The van der Waals surface area contributed by atoms with Gasteiger partial charge in [0.2, 0.25) is 0 Å². The van der Waals surface area contributed by atoms with Crippen LogP contribution in [0.3, 0.4) is 0 Å². The van der Waals surface area contributed by atoms with Gasteiger partial charge < -0.3 is 10.0 Å². The van der Waals surface area contributed by atoms with E-state index in [4.69, 9.17) is 5.11 Å².